The Balaban J connectivity index is 2.35. The molecule has 0 spiro atoms. The summed E-state index contributed by atoms with van der Waals surface area (Å²) in [7, 11) is -6.88. The van der Waals surface area contributed by atoms with E-state index in [0.29, 0.717) is 4.90 Å². The van der Waals surface area contributed by atoms with E-state index < -0.39 is 20.6 Å². The summed E-state index contributed by atoms with van der Waals surface area (Å²) in [5, 5.41) is 1.64. The van der Waals surface area contributed by atoms with Gasteiger partial charge in [0.05, 0.1) is 20.6 Å². The molecule has 0 aliphatic carbocycles. The van der Waals surface area contributed by atoms with Gasteiger partial charge in [0.25, 0.3) is 0 Å². The fourth-order valence-electron chi connectivity index (χ4n) is 1.76. The quantitative estimate of drug-likeness (QED) is 0.820. The highest BCUT2D eigenvalue weighted by molar-refractivity contribution is 8.31. The lowest BCUT2D eigenvalue weighted by molar-refractivity contribution is -1.91. The van der Waals surface area contributed by atoms with Gasteiger partial charge in [0, 0.05) is 11.2 Å². The van der Waals surface area contributed by atoms with Crippen LogP contribution < -0.4 is 14.0 Å². The van der Waals surface area contributed by atoms with Gasteiger partial charge in [-0.25, -0.2) is 0 Å². The fourth-order valence-corrected chi connectivity index (χ4v) is 4.77. The number of hydrogen-bond donors (Lipinski definition) is 0. The van der Waals surface area contributed by atoms with Crippen LogP contribution in [0.3, 0.4) is 0 Å². The molecule has 0 bridgehead atoms. The van der Waals surface area contributed by atoms with Gasteiger partial charge in [0.2, 0.25) is 0 Å². The molecular weight excluding hydrogens is 312 g/mol. The third-order valence-electron chi connectivity index (χ3n) is 2.74. The van der Waals surface area contributed by atoms with E-state index in [9.17, 15) is 14.0 Å². The second-order valence-electron chi connectivity index (χ2n) is 4.37. The largest absolute Gasteiger partial charge is 0.182 e. The molecular formula is C15H15ClO4S. The van der Waals surface area contributed by atoms with Crippen LogP contribution in [0.15, 0.2) is 71.0 Å². The lowest BCUT2D eigenvalue weighted by Gasteiger charge is -2.27. The van der Waals surface area contributed by atoms with E-state index in [1.165, 1.54) is 0 Å². The van der Waals surface area contributed by atoms with E-state index in [4.69, 9.17) is 3.74 Å². The molecule has 1 atom stereocenters. The van der Waals surface area contributed by atoms with Crippen molar-refractivity contribution in [2.24, 2.45) is 0 Å². The predicted molar refractivity (Wildman–Crippen MR) is 74.8 cm³/mol. The summed E-state index contributed by atoms with van der Waals surface area (Å²) in [5.41, 5.74) is 0.899. The summed E-state index contributed by atoms with van der Waals surface area (Å²) < 4.78 is 37.9. The first kappa shape index (κ1) is 16.0. The minimum Gasteiger partial charge on any atom is -0.182 e. The maximum absolute atomic E-state index is 11.0. The maximum Gasteiger partial charge on any atom is 0.129 e. The third-order valence-corrected chi connectivity index (χ3v) is 6.27. The first-order chi connectivity index (χ1) is 9.89. The summed E-state index contributed by atoms with van der Waals surface area (Å²) in [6.07, 6.45) is 3.37. The molecule has 0 fully saturated rings. The predicted octanol–water partition coefficient (Wildman–Crippen LogP) is 0.980. The number of benzene rings is 2. The van der Waals surface area contributed by atoms with E-state index >= 15 is 0 Å². The first-order valence-electron chi connectivity index (χ1n) is 6.08. The third kappa shape index (κ3) is 4.86. The number of hydrogen-bond acceptors (Lipinski definition) is 4. The van der Waals surface area contributed by atoms with Crippen molar-refractivity contribution in [3.05, 3.63) is 71.6 Å². The molecule has 1 unspecified atom stereocenters. The van der Waals surface area contributed by atoms with E-state index in [0.717, 1.165) is 5.56 Å². The van der Waals surface area contributed by atoms with E-state index in [1.54, 1.807) is 42.0 Å². The topological polar surface area (TPSA) is 78.4 Å². The highest BCUT2D eigenvalue weighted by Gasteiger charge is 2.36. The molecule has 6 heteroatoms. The van der Waals surface area contributed by atoms with Crippen LogP contribution in [0.1, 0.15) is 5.56 Å². The van der Waals surface area contributed by atoms with Crippen molar-refractivity contribution in [1.82, 2.24) is 0 Å². The Labute approximate surface area is 127 Å². The lowest BCUT2D eigenvalue weighted by Crippen LogP contribution is -2.60. The molecule has 21 heavy (non-hydrogen) atoms. The zero-order valence-electron chi connectivity index (χ0n) is 11.3. The SMILES string of the molecule is CS(/C=C/c1ccccc1)(O[Cl+3]([O-])([O-])[O-])c1ccccc1. The van der Waals surface area contributed by atoms with Crippen molar-refractivity contribution in [1.29, 1.82) is 0 Å². The van der Waals surface area contributed by atoms with Crippen molar-refractivity contribution in [2.45, 2.75) is 4.90 Å². The van der Waals surface area contributed by atoms with E-state index in [-0.39, 0.29) is 0 Å². The summed E-state index contributed by atoms with van der Waals surface area (Å²) in [6.45, 7) is 0. The van der Waals surface area contributed by atoms with Crippen molar-refractivity contribution in [3.8, 4) is 0 Å². The molecule has 0 heterocycles. The fraction of sp³-hybridized carbons (Fsp3) is 0.0667. The summed E-state index contributed by atoms with van der Waals surface area (Å²) in [5.74, 6) is 0. The van der Waals surface area contributed by atoms with E-state index in [2.05, 4.69) is 0 Å². The molecule has 2 aromatic rings. The zero-order valence-corrected chi connectivity index (χ0v) is 12.9. The van der Waals surface area contributed by atoms with Crippen molar-refractivity contribution >= 4 is 16.4 Å². The zero-order chi connectivity index (χ0) is 15.3. The Morgan fingerprint density at radius 3 is 1.95 bits per heavy atom. The van der Waals surface area contributed by atoms with Gasteiger partial charge in [-0.3, -0.25) is 0 Å². The van der Waals surface area contributed by atoms with Crippen LogP contribution in [0.5, 0.6) is 0 Å². The Morgan fingerprint density at radius 1 is 0.905 bits per heavy atom. The lowest BCUT2D eigenvalue weighted by atomic mass is 10.2. The molecule has 2 rings (SSSR count). The molecule has 0 N–H and O–H groups in total. The second-order valence-corrected chi connectivity index (χ2v) is 8.18. The molecule has 112 valence electrons. The van der Waals surface area contributed by atoms with Gasteiger partial charge in [-0.2, -0.15) is 14.0 Å². The highest BCUT2D eigenvalue weighted by Crippen LogP contribution is 2.56. The van der Waals surface area contributed by atoms with E-state index in [1.807, 2.05) is 36.4 Å². The molecule has 0 aromatic heterocycles. The van der Waals surface area contributed by atoms with Gasteiger partial charge in [-0.05, 0) is 29.2 Å². The normalized spacial score (nSPS) is 16.6. The molecule has 0 radical (unpaired) electrons. The van der Waals surface area contributed by atoms with Gasteiger partial charge >= 0.3 is 0 Å². The summed E-state index contributed by atoms with van der Waals surface area (Å²) >= 11 is 0. The summed E-state index contributed by atoms with van der Waals surface area (Å²) in [4.78, 5) is 0.657. The monoisotopic (exact) mass is 326 g/mol. The van der Waals surface area contributed by atoms with Crippen LogP contribution in [-0.2, 0) is 3.74 Å². The van der Waals surface area contributed by atoms with Crippen LogP contribution in [0.25, 0.3) is 6.08 Å². The molecule has 2 aromatic carbocycles. The number of rotatable bonds is 5. The molecule has 0 aliphatic heterocycles. The van der Waals surface area contributed by atoms with Gasteiger partial charge < -0.3 is 0 Å². The van der Waals surface area contributed by atoms with Gasteiger partial charge in [0.15, 0.2) is 0 Å². The Morgan fingerprint density at radius 2 is 1.43 bits per heavy atom. The average molecular weight is 327 g/mol. The minimum atomic E-state index is -4.51. The Kier molecular flexibility index (Phi) is 5.05. The molecule has 0 saturated carbocycles. The molecule has 0 amide bonds. The van der Waals surface area contributed by atoms with Crippen LogP contribution >= 0.6 is 10.3 Å². The van der Waals surface area contributed by atoms with Crippen molar-refractivity contribution < 1.29 is 28.0 Å². The maximum atomic E-state index is 11.0. The number of halogens is 1. The Hall–Kier alpha value is -1.34. The summed E-state index contributed by atoms with van der Waals surface area (Å²) in [6, 6.07) is 18.2. The molecule has 0 saturated heterocycles. The highest BCUT2D eigenvalue weighted by atomic mass is 35.7. The second kappa shape index (κ2) is 6.62. The van der Waals surface area contributed by atoms with Crippen LogP contribution in [0.4, 0.5) is 0 Å². The van der Waals surface area contributed by atoms with Crippen molar-refractivity contribution in [3.63, 3.8) is 0 Å². The van der Waals surface area contributed by atoms with Crippen LogP contribution in [0, 0.1) is 10.2 Å². The standard InChI is InChI=1S/C15H15ClO4S/c1-21(20-16(17,18)19,15-10-6-3-7-11-15)13-12-14-8-4-2-5-9-14/h2-13H,1H3/b13-12+. The molecule has 4 nitrogen and oxygen atoms in total. The first-order valence-corrected chi connectivity index (χ1v) is 9.34. The Bertz CT molecular complexity index is 598. The van der Waals surface area contributed by atoms with Crippen LogP contribution in [-0.4, -0.2) is 6.26 Å². The van der Waals surface area contributed by atoms with Gasteiger partial charge in [0.1, 0.15) is 3.74 Å². The van der Waals surface area contributed by atoms with Gasteiger partial charge in [-0.15, -0.1) is 0 Å². The molecule has 0 aliphatic rings. The van der Waals surface area contributed by atoms with Gasteiger partial charge in [-0.1, -0.05) is 48.5 Å². The average Bonchev–Trinajstić information content (AvgIpc) is 2.46. The minimum absolute atomic E-state index is 0.657. The smallest absolute Gasteiger partial charge is 0.129 e. The van der Waals surface area contributed by atoms with Crippen molar-refractivity contribution in [2.75, 3.05) is 6.26 Å². The van der Waals surface area contributed by atoms with Crippen LogP contribution in [0.2, 0.25) is 0 Å².